The van der Waals surface area contributed by atoms with E-state index in [-0.39, 0.29) is 0 Å². The normalized spacial score (nSPS) is 10.1. The molecular formula is C13H15N5O2. The summed E-state index contributed by atoms with van der Waals surface area (Å²) in [5, 5.41) is 6.56. The minimum absolute atomic E-state index is 0.394. The summed E-state index contributed by atoms with van der Waals surface area (Å²) in [6.07, 6.45) is 1.55. The molecule has 7 heteroatoms. The molecular weight excluding hydrogens is 258 g/mol. The topological polar surface area (TPSA) is 93.2 Å². The summed E-state index contributed by atoms with van der Waals surface area (Å²) in [7, 11) is 1.69. The Morgan fingerprint density at radius 3 is 2.40 bits per heavy atom. The molecule has 2 rings (SSSR count). The number of amides is 3. The molecule has 0 unspecified atom stereocenters. The van der Waals surface area contributed by atoms with Crippen molar-refractivity contribution in [1.82, 2.24) is 9.78 Å². The number of hydrogen-bond donors (Lipinski definition) is 2. The number of aryl methyl sites for hydroxylation is 1. The first kappa shape index (κ1) is 13.6. The summed E-state index contributed by atoms with van der Waals surface area (Å²) in [6.45, 7) is 1.32. The van der Waals surface area contributed by atoms with Gasteiger partial charge in [0.05, 0.1) is 11.9 Å². The predicted octanol–water partition coefficient (Wildman–Crippen LogP) is 1.59. The van der Waals surface area contributed by atoms with E-state index in [9.17, 15) is 9.59 Å². The molecule has 0 aliphatic carbocycles. The summed E-state index contributed by atoms with van der Waals surface area (Å²) in [6, 6.07) is 7.56. The van der Waals surface area contributed by atoms with Gasteiger partial charge in [0.1, 0.15) is 5.82 Å². The zero-order chi connectivity index (χ0) is 14.7. The number of urea groups is 1. The molecule has 0 spiro atoms. The van der Waals surface area contributed by atoms with Crippen LogP contribution in [-0.2, 0) is 11.8 Å². The Bertz CT molecular complexity index is 632. The molecule has 7 nitrogen and oxygen atoms in total. The van der Waals surface area contributed by atoms with Gasteiger partial charge in [-0.1, -0.05) is 0 Å². The zero-order valence-electron chi connectivity index (χ0n) is 11.2. The van der Waals surface area contributed by atoms with Crippen molar-refractivity contribution in [2.24, 2.45) is 7.05 Å². The maximum Gasteiger partial charge on any atom is 0.334 e. The Labute approximate surface area is 116 Å². The van der Waals surface area contributed by atoms with Gasteiger partial charge in [-0.2, -0.15) is 5.10 Å². The number of benzene rings is 1. The molecule has 0 aliphatic heterocycles. The van der Waals surface area contributed by atoms with Crippen molar-refractivity contribution in [3.8, 4) is 0 Å². The van der Waals surface area contributed by atoms with Crippen LogP contribution in [0.5, 0.6) is 0 Å². The van der Waals surface area contributed by atoms with Crippen LogP contribution in [0.1, 0.15) is 6.92 Å². The Kier molecular flexibility index (Phi) is 3.69. The van der Waals surface area contributed by atoms with Gasteiger partial charge in [0.25, 0.3) is 0 Å². The number of hydrogen-bond acceptors (Lipinski definition) is 4. The lowest BCUT2D eigenvalue weighted by Crippen LogP contribution is -2.39. The molecule has 1 aromatic carbocycles. The average molecular weight is 273 g/mol. The number of nitrogen functional groups attached to an aromatic ring is 1. The summed E-state index contributed by atoms with van der Waals surface area (Å²) in [5.41, 5.74) is 6.60. The molecule has 3 N–H and O–H groups in total. The third kappa shape index (κ3) is 2.77. The van der Waals surface area contributed by atoms with Crippen LogP contribution in [0.3, 0.4) is 0 Å². The number of carbonyl (C=O) groups excluding carboxylic acids is 2. The third-order valence-electron chi connectivity index (χ3n) is 2.73. The standard InChI is InChI=1S/C13H15N5O2/c1-9(19)18(11-5-3-10(14)4-6-11)13(20)16-12-7-8-15-17(12)2/h3-8H,14H2,1-2H3,(H,16,20). The van der Waals surface area contributed by atoms with Crippen LogP contribution in [-0.4, -0.2) is 21.7 Å². The van der Waals surface area contributed by atoms with Crippen LogP contribution in [0, 0.1) is 0 Å². The first-order valence-electron chi connectivity index (χ1n) is 5.94. The second-order valence-electron chi connectivity index (χ2n) is 4.22. The molecule has 0 saturated heterocycles. The highest BCUT2D eigenvalue weighted by atomic mass is 16.2. The van der Waals surface area contributed by atoms with Crippen molar-refractivity contribution >= 4 is 29.1 Å². The highest BCUT2D eigenvalue weighted by Gasteiger charge is 2.20. The SMILES string of the molecule is CC(=O)N(C(=O)Nc1ccnn1C)c1ccc(N)cc1. The van der Waals surface area contributed by atoms with Crippen LogP contribution < -0.4 is 16.0 Å². The number of rotatable bonds is 2. The van der Waals surface area contributed by atoms with Crippen molar-refractivity contribution in [2.45, 2.75) is 6.92 Å². The van der Waals surface area contributed by atoms with Crippen molar-refractivity contribution < 1.29 is 9.59 Å². The molecule has 104 valence electrons. The molecule has 0 bridgehead atoms. The molecule has 0 atom stereocenters. The quantitative estimate of drug-likeness (QED) is 0.812. The minimum atomic E-state index is -0.550. The van der Waals surface area contributed by atoms with Gasteiger partial charge in [-0.3, -0.25) is 14.8 Å². The number of carbonyl (C=O) groups is 2. The lowest BCUT2D eigenvalue weighted by molar-refractivity contribution is -0.115. The summed E-state index contributed by atoms with van der Waals surface area (Å²) in [4.78, 5) is 24.9. The predicted molar refractivity (Wildman–Crippen MR) is 76.2 cm³/mol. The van der Waals surface area contributed by atoms with E-state index in [4.69, 9.17) is 5.73 Å². The fourth-order valence-corrected chi connectivity index (χ4v) is 1.73. The summed E-state index contributed by atoms with van der Waals surface area (Å²) >= 11 is 0. The van der Waals surface area contributed by atoms with Crippen LogP contribution in [0.25, 0.3) is 0 Å². The second-order valence-corrected chi connectivity index (χ2v) is 4.22. The Balaban J connectivity index is 2.25. The van der Waals surface area contributed by atoms with Crippen molar-refractivity contribution in [1.29, 1.82) is 0 Å². The van der Waals surface area contributed by atoms with Crippen molar-refractivity contribution in [3.05, 3.63) is 36.5 Å². The second kappa shape index (κ2) is 5.43. The Morgan fingerprint density at radius 1 is 1.25 bits per heavy atom. The molecule has 0 radical (unpaired) electrons. The highest BCUT2D eigenvalue weighted by molar-refractivity contribution is 6.17. The summed E-state index contributed by atoms with van der Waals surface area (Å²) < 4.78 is 1.50. The van der Waals surface area contributed by atoms with E-state index in [0.717, 1.165) is 4.90 Å². The number of nitrogens with two attached hydrogens (primary N) is 1. The largest absolute Gasteiger partial charge is 0.399 e. The lowest BCUT2D eigenvalue weighted by Gasteiger charge is -2.19. The Hall–Kier alpha value is -2.83. The van der Waals surface area contributed by atoms with Gasteiger partial charge >= 0.3 is 6.03 Å². The number of aromatic nitrogens is 2. The van der Waals surface area contributed by atoms with E-state index in [0.29, 0.717) is 17.2 Å². The maximum absolute atomic E-state index is 12.2. The van der Waals surface area contributed by atoms with Crippen LogP contribution >= 0.6 is 0 Å². The zero-order valence-corrected chi connectivity index (χ0v) is 11.2. The number of imide groups is 1. The van der Waals surface area contributed by atoms with Gasteiger partial charge in [-0.25, -0.2) is 9.69 Å². The van der Waals surface area contributed by atoms with Gasteiger partial charge in [0, 0.05) is 25.7 Å². The molecule has 20 heavy (non-hydrogen) atoms. The van der Waals surface area contributed by atoms with E-state index < -0.39 is 11.9 Å². The highest BCUT2D eigenvalue weighted by Crippen LogP contribution is 2.18. The molecule has 0 aliphatic rings. The fraction of sp³-hybridized carbons (Fsp3) is 0.154. The smallest absolute Gasteiger partial charge is 0.334 e. The van der Waals surface area contributed by atoms with E-state index >= 15 is 0 Å². The van der Waals surface area contributed by atoms with E-state index in [2.05, 4.69) is 10.4 Å². The minimum Gasteiger partial charge on any atom is -0.399 e. The number of nitrogens with one attached hydrogen (secondary N) is 1. The van der Waals surface area contributed by atoms with Gasteiger partial charge in [0.15, 0.2) is 0 Å². The Morgan fingerprint density at radius 2 is 1.90 bits per heavy atom. The molecule has 0 fully saturated rings. The van der Waals surface area contributed by atoms with Gasteiger partial charge in [0.2, 0.25) is 5.91 Å². The van der Waals surface area contributed by atoms with E-state index in [1.807, 2.05) is 0 Å². The molecule has 2 aromatic rings. The van der Waals surface area contributed by atoms with Gasteiger partial charge in [-0.15, -0.1) is 0 Å². The molecule has 3 amide bonds. The first-order valence-corrected chi connectivity index (χ1v) is 5.94. The van der Waals surface area contributed by atoms with Gasteiger partial charge in [-0.05, 0) is 24.3 Å². The van der Waals surface area contributed by atoms with Crippen molar-refractivity contribution in [3.63, 3.8) is 0 Å². The maximum atomic E-state index is 12.2. The summed E-state index contributed by atoms with van der Waals surface area (Å²) in [5.74, 6) is 0.103. The van der Waals surface area contributed by atoms with E-state index in [1.165, 1.54) is 11.6 Å². The number of nitrogens with zero attached hydrogens (tertiary/aromatic N) is 3. The van der Waals surface area contributed by atoms with Crippen LogP contribution in [0.4, 0.5) is 22.0 Å². The molecule has 1 heterocycles. The van der Waals surface area contributed by atoms with Gasteiger partial charge < -0.3 is 5.73 Å². The molecule has 0 saturated carbocycles. The van der Waals surface area contributed by atoms with Crippen LogP contribution in [0.2, 0.25) is 0 Å². The van der Waals surface area contributed by atoms with Crippen molar-refractivity contribution in [2.75, 3.05) is 16.0 Å². The third-order valence-corrected chi connectivity index (χ3v) is 2.73. The molecule has 1 aromatic heterocycles. The average Bonchev–Trinajstić information content (AvgIpc) is 2.77. The first-order chi connectivity index (χ1) is 9.49. The lowest BCUT2D eigenvalue weighted by atomic mass is 10.2. The monoisotopic (exact) mass is 273 g/mol. The number of anilines is 3. The van der Waals surface area contributed by atoms with E-state index in [1.54, 1.807) is 43.6 Å². The fourth-order valence-electron chi connectivity index (χ4n) is 1.73. The van der Waals surface area contributed by atoms with Crippen LogP contribution in [0.15, 0.2) is 36.5 Å².